The number of hydrogen-bond acceptors (Lipinski definition) is 2. The van der Waals surface area contributed by atoms with Gasteiger partial charge in [-0.3, -0.25) is 0 Å². The van der Waals surface area contributed by atoms with Gasteiger partial charge in [-0.15, -0.1) is 0 Å². The Labute approximate surface area is 163 Å². The molecule has 3 aromatic rings. The van der Waals surface area contributed by atoms with Gasteiger partial charge in [-0.25, -0.2) is 0 Å². The third kappa shape index (κ3) is 5.11. The Kier molecular flexibility index (Phi) is 6.52. The molecule has 0 bridgehead atoms. The number of ether oxygens (including phenoxy) is 2. The lowest BCUT2D eigenvalue weighted by molar-refractivity contribution is -0.106. The van der Waals surface area contributed by atoms with E-state index in [-0.39, 0.29) is 12.4 Å². The van der Waals surface area contributed by atoms with Crippen molar-refractivity contribution < 1.29 is 9.47 Å². The molecule has 2 nitrogen and oxygen atoms in total. The van der Waals surface area contributed by atoms with Crippen LogP contribution < -0.4 is 4.74 Å². The molecule has 2 heteroatoms. The van der Waals surface area contributed by atoms with Crippen molar-refractivity contribution in [3.8, 4) is 5.75 Å². The van der Waals surface area contributed by atoms with Gasteiger partial charge >= 0.3 is 0 Å². The molecule has 0 aliphatic carbocycles. The maximum absolute atomic E-state index is 6.22. The largest absolute Gasteiger partial charge is 0.465 e. The van der Waals surface area contributed by atoms with Crippen LogP contribution in [0.1, 0.15) is 51.2 Å². The van der Waals surface area contributed by atoms with Crippen LogP contribution in [0.25, 0.3) is 10.8 Å². The Morgan fingerprint density at radius 2 is 1.52 bits per heavy atom. The summed E-state index contributed by atoms with van der Waals surface area (Å²) >= 11 is 0. The van der Waals surface area contributed by atoms with Crippen LogP contribution in [0.15, 0.2) is 66.7 Å². The molecule has 3 aromatic carbocycles. The summed E-state index contributed by atoms with van der Waals surface area (Å²) in [6, 6.07) is 23.3. The average Bonchev–Trinajstić information content (AvgIpc) is 2.68. The minimum atomic E-state index is -0.315. The lowest BCUT2D eigenvalue weighted by atomic mass is 9.99. The van der Waals surface area contributed by atoms with Crippen LogP contribution in [0.2, 0.25) is 0 Å². The standard InChI is InChI=1S/C25H30O2/c1-5-19(4)20-13-15-23(16-14-20)27-25(26-18(2)3)17-22-11-8-10-21-9-6-7-12-24(21)22/h6-16,18-19,25H,5,17H2,1-4H3. The highest BCUT2D eigenvalue weighted by atomic mass is 16.7. The number of hydrogen-bond donors (Lipinski definition) is 0. The predicted octanol–water partition coefficient (Wildman–Crippen LogP) is 6.73. The first-order valence-electron chi connectivity index (χ1n) is 9.95. The van der Waals surface area contributed by atoms with E-state index in [9.17, 15) is 0 Å². The molecule has 2 atom stereocenters. The second-order valence-electron chi connectivity index (χ2n) is 7.45. The number of fused-ring (bicyclic) bond motifs is 1. The molecule has 3 rings (SSSR count). The van der Waals surface area contributed by atoms with E-state index in [0.717, 1.165) is 12.2 Å². The van der Waals surface area contributed by atoms with Crippen molar-refractivity contribution in [3.05, 3.63) is 77.9 Å². The molecule has 0 aromatic heterocycles. The molecule has 0 amide bonds. The van der Waals surface area contributed by atoms with Crippen molar-refractivity contribution in [3.63, 3.8) is 0 Å². The first-order chi connectivity index (χ1) is 13.1. The summed E-state index contributed by atoms with van der Waals surface area (Å²) < 4.78 is 12.3. The number of benzene rings is 3. The molecule has 0 fully saturated rings. The predicted molar refractivity (Wildman–Crippen MR) is 113 cm³/mol. The van der Waals surface area contributed by atoms with Gasteiger partial charge in [-0.2, -0.15) is 0 Å². The average molecular weight is 363 g/mol. The van der Waals surface area contributed by atoms with Crippen LogP contribution >= 0.6 is 0 Å². The molecule has 0 heterocycles. The fourth-order valence-corrected chi connectivity index (χ4v) is 3.33. The van der Waals surface area contributed by atoms with Crippen molar-refractivity contribution in [2.24, 2.45) is 0 Å². The zero-order valence-electron chi connectivity index (χ0n) is 16.8. The normalized spacial score (nSPS) is 13.7. The smallest absolute Gasteiger partial charge is 0.204 e. The lowest BCUT2D eigenvalue weighted by Crippen LogP contribution is -2.26. The third-order valence-corrected chi connectivity index (χ3v) is 5.02. The van der Waals surface area contributed by atoms with E-state index in [1.54, 1.807) is 0 Å². The summed E-state index contributed by atoms with van der Waals surface area (Å²) in [7, 11) is 0. The van der Waals surface area contributed by atoms with Crippen molar-refractivity contribution in [2.45, 2.75) is 58.8 Å². The van der Waals surface area contributed by atoms with Gasteiger partial charge in [-0.1, -0.05) is 68.4 Å². The first-order valence-corrected chi connectivity index (χ1v) is 9.95. The third-order valence-electron chi connectivity index (χ3n) is 5.02. The van der Waals surface area contributed by atoms with E-state index in [1.165, 1.54) is 21.9 Å². The van der Waals surface area contributed by atoms with Crippen LogP contribution in [0.3, 0.4) is 0 Å². The Morgan fingerprint density at radius 1 is 0.815 bits per heavy atom. The number of rotatable bonds is 8. The highest BCUT2D eigenvalue weighted by molar-refractivity contribution is 5.85. The van der Waals surface area contributed by atoms with Crippen LogP contribution in [-0.2, 0) is 11.2 Å². The van der Waals surface area contributed by atoms with Gasteiger partial charge in [0.25, 0.3) is 0 Å². The highest BCUT2D eigenvalue weighted by Gasteiger charge is 2.16. The zero-order valence-corrected chi connectivity index (χ0v) is 16.8. The lowest BCUT2D eigenvalue weighted by Gasteiger charge is -2.23. The molecular formula is C25H30O2. The van der Waals surface area contributed by atoms with Crippen LogP contribution in [0.5, 0.6) is 5.75 Å². The molecule has 0 saturated heterocycles. The van der Waals surface area contributed by atoms with E-state index in [1.807, 2.05) is 13.8 Å². The summed E-state index contributed by atoms with van der Waals surface area (Å²) in [5.74, 6) is 1.42. The molecule has 0 aliphatic rings. The fraction of sp³-hybridized carbons (Fsp3) is 0.360. The summed E-state index contributed by atoms with van der Waals surface area (Å²) in [6.45, 7) is 8.56. The van der Waals surface area contributed by atoms with Crippen LogP contribution in [0, 0.1) is 0 Å². The minimum Gasteiger partial charge on any atom is -0.465 e. The molecule has 0 radical (unpaired) electrons. The van der Waals surface area contributed by atoms with Gasteiger partial charge in [0.05, 0.1) is 6.10 Å². The topological polar surface area (TPSA) is 18.5 Å². The molecule has 2 unspecified atom stereocenters. The molecule has 27 heavy (non-hydrogen) atoms. The Balaban J connectivity index is 1.79. The SMILES string of the molecule is CCC(C)c1ccc(OC(Cc2cccc3ccccc23)OC(C)C)cc1. The van der Waals surface area contributed by atoms with E-state index in [0.29, 0.717) is 12.3 Å². The summed E-state index contributed by atoms with van der Waals surface area (Å²) in [4.78, 5) is 0. The first kappa shape index (κ1) is 19.4. The maximum Gasteiger partial charge on any atom is 0.204 e. The Morgan fingerprint density at radius 3 is 2.22 bits per heavy atom. The molecule has 0 N–H and O–H groups in total. The summed E-state index contributed by atoms with van der Waals surface area (Å²) in [6.07, 6.45) is 1.64. The van der Waals surface area contributed by atoms with Crippen molar-refractivity contribution in [1.29, 1.82) is 0 Å². The monoisotopic (exact) mass is 362 g/mol. The van der Waals surface area contributed by atoms with Gasteiger partial charge in [0.15, 0.2) is 0 Å². The second-order valence-corrected chi connectivity index (χ2v) is 7.45. The Bertz CT molecular complexity index is 846. The van der Waals surface area contributed by atoms with Gasteiger partial charge < -0.3 is 9.47 Å². The zero-order chi connectivity index (χ0) is 19.2. The maximum atomic E-state index is 6.22. The summed E-state index contributed by atoms with van der Waals surface area (Å²) in [5, 5.41) is 2.50. The fourth-order valence-electron chi connectivity index (χ4n) is 3.33. The molecular weight excluding hydrogens is 332 g/mol. The van der Waals surface area contributed by atoms with Gasteiger partial charge in [-0.05, 0) is 60.2 Å². The van der Waals surface area contributed by atoms with Gasteiger partial charge in [0, 0.05) is 6.42 Å². The van der Waals surface area contributed by atoms with E-state index in [4.69, 9.17) is 9.47 Å². The molecule has 0 saturated carbocycles. The van der Waals surface area contributed by atoms with E-state index in [2.05, 4.69) is 80.6 Å². The molecule has 0 spiro atoms. The van der Waals surface area contributed by atoms with Crippen molar-refractivity contribution in [2.75, 3.05) is 0 Å². The Hall–Kier alpha value is -2.32. The van der Waals surface area contributed by atoms with Gasteiger partial charge in [0.1, 0.15) is 5.75 Å². The van der Waals surface area contributed by atoms with Crippen LogP contribution in [0.4, 0.5) is 0 Å². The van der Waals surface area contributed by atoms with E-state index < -0.39 is 0 Å². The van der Waals surface area contributed by atoms with Crippen LogP contribution in [-0.4, -0.2) is 12.4 Å². The van der Waals surface area contributed by atoms with Crippen molar-refractivity contribution in [1.82, 2.24) is 0 Å². The van der Waals surface area contributed by atoms with Gasteiger partial charge in [0.2, 0.25) is 6.29 Å². The highest BCUT2D eigenvalue weighted by Crippen LogP contribution is 2.25. The second kappa shape index (κ2) is 9.05. The summed E-state index contributed by atoms with van der Waals surface area (Å²) in [5.41, 5.74) is 2.59. The molecule has 142 valence electrons. The minimum absolute atomic E-state index is 0.101. The quantitative estimate of drug-likeness (QED) is 0.414. The molecule has 0 aliphatic heterocycles. The van der Waals surface area contributed by atoms with Crippen molar-refractivity contribution >= 4 is 10.8 Å². The van der Waals surface area contributed by atoms with E-state index >= 15 is 0 Å².